The molecule has 0 saturated heterocycles. The van der Waals surface area contributed by atoms with Gasteiger partial charge in [-0.1, -0.05) is 29.8 Å². The average molecular weight is 268 g/mol. The van der Waals surface area contributed by atoms with Crippen molar-refractivity contribution in [2.75, 3.05) is 13.7 Å². The summed E-state index contributed by atoms with van der Waals surface area (Å²) in [5, 5.41) is 0. The summed E-state index contributed by atoms with van der Waals surface area (Å²) in [5.41, 5.74) is 3.99. The summed E-state index contributed by atoms with van der Waals surface area (Å²) in [4.78, 5) is 17.9. The second-order valence-electron chi connectivity index (χ2n) is 5.05. The number of rotatable bonds is 1. The lowest BCUT2D eigenvalue weighted by Crippen LogP contribution is -2.28. The van der Waals surface area contributed by atoms with Gasteiger partial charge >= 0.3 is 0 Å². The zero-order valence-electron chi connectivity index (χ0n) is 11.6. The highest BCUT2D eigenvalue weighted by Crippen LogP contribution is 2.26. The number of likely N-dealkylation sites (N-methyl/N-ethyl adjacent to an activating group) is 1. The molecule has 2 aromatic rings. The summed E-state index contributed by atoms with van der Waals surface area (Å²) in [6.07, 6.45) is 0. The highest BCUT2D eigenvalue weighted by atomic mass is 16.5. The maximum atomic E-state index is 11.6. The van der Waals surface area contributed by atoms with Crippen molar-refractivity contribution in [2.45, 2.75) is 13.5 Å². The SMILES string of the molecule is Cc1ccc(-c2ccc3c(n2)CN(C)C(=O)CO3)cc1. The van der Waals surface area contributed by atoms with E-state index in [0.717, 1.165) is 17.0 Å². The lowest BCUT2D eigenvalue weighted by atomic mass is 10.1. The highest BCUT2D eigenvalue weighted by molar-refractivity contribution is 5.78. The predicted octanol–water partition coefficient (Wildman–Crippen LogP) is 2.41. The van der Waals surface area contributed by atoms with E-state index >= 15 is 0 Å². The van der Waals surface area contributed by atoms with Crippen LogP contribution >= 0.6 is 0 Å². The van der Waals surface area contributed by atoms with Gasteiger partial charge in [0.1, 0.15) is 11.4 Å². The van der Waals surface area contributed by atoms with Crippen molar-refractivity contribution in [2.24, 2.45) is 0 Å². The van der Waals surface area contributed by atoms with Gasteiger partial charge in [-0.25, -0.2) is 4.98 Å². The third-order valence-corrected chi connectivity index (χ3v) is 3.44. The zero-order chi connectivity index (χ0) is 14.1. The molecular formula is C16H16N2O2. The number of ether oxygens (including phenoxy) is 1. The summed E-state index contributed by atoms with van der Waals surface area (Å²) in [5.74, 6) is 0.665. The first-order chi connectivity index (χ1) is 9.63. The molecule has 0 N–H and O–H groups in total. The Bertz CT molecular complexity index is 650. The molecule has 0 fully saturated rings. The summed E-state index contributed by atoms with van der Waals surface area (Å²) in [7, 11) is 1.76. The minimum Gasteiger partial charge on any atom is -0.482 e. The quantitative estimate of drug-likeness (QED) is 0.797. The molecule has 1 aromatic heterocycles. The molecular weight excluding hydrogens is 252 g/mol. The maximum Gasteiger partial charge on any atom is 0.260 e. The fourth-order valence-corrected chi connectivity index (χ4v) is 2.18. The van der Waals surface area contributed by atoms with E-state index < -0.39 is 0 Å². The summed E-state index contributed by atoms with van der Waals surface area (Å²) < 4.78 is 5.49. The fraction of sp³-hybridized carbons (Fsp3) is 0.250. The number of hydrogen-bond donors (Lipinski definition) is 0. The zero-order valence-corrected chi connectivity index (χ0v) is 11.6. The van der Waals surface area contributed by atoms with Crippen molar-refractivity contribution in [1.82, 2.24) is 9.88 Å². The van der Waals surface area contributed by atoms with E-state index in [1.807, 2.05) is 12.1 Å². The van der Waals surface area contributed by atoms with Crippen LogP contribution in [-0.4, -0.2) is 29.4 Å². The van der Waals surface area contributed by atoms with Crippen LogP contribution in [0.1, 0.15) is 11.3 Å². The van der Waals surface area contributed by atoms with Crippen LogP contribution in [0.25, 0.3) is 11.3 Å². The van der Waals surface area contributed by atoms with E-state index in [1.54, 1.807) is 11.9 Å². The Labute approximate surface area is 118 Å². The molecule has 0 atom stereocenters. The van der Waals surface area contributed by atoms with Crippen molar-refractivity contribution in [1.29, 1.82) is 0 Å². The Morgan fingerprint density at radius 1 is 1.15 bits per heavy atom. The second-order valence-corrected chi connectivity index (χ2v) is 5.05. The lowest BCUT2D eigenvalue weighted by molar-refractivity contribution is -0.131. The molecule has 0 saturated carbocycles. The van der Waals surface area contributed by atoms with E-state index in [1.165, 1.54) is 5.56 Å². The third kappa shape index (κ3) is 2.37. The number of nitrogens with zero attached hydrogens (tertiary/aromatic N) is 2. The Morgan fingerprint density at radius 3 is 2.65 bits per heavy atom. The van der Waals surface area contributed by atoms with Gasteiger partial charge in [0.15, 0.2) is 6.61 Å². The number of benzene rings is 1. The number of aromatic nitrogens is 1. The van der Waals surface area contributed by atoms with Crippen molar-refractivity contribution in [3.8, 4) is 17.0 Å². The number of aryl methyl sites for hydroxylation is 1. The van der Waals surface area contributed by atoms with Gasteiger partial charge in [-0.3, -0.25) is 4.79 Å². The van der Waals surface area contributed by atoms with Crippen molar-refractivity contribution in [3.63, 3.8) is 0 Å². The Kier molecular flexibility index (Phi) is 3.14. The molecule has 1 amide bonds. The summed E-state index contributed by atoms with van der Waals surface area (Å²) >= 11 is 0. The van der Waals surface area contributed by atoms with Crippen LogP contribution in [-0.2, 0) is 11.3 Å². The number of pyridine rings is 1. The molecule has 0 unspecified atom stereocenters. The van der Waals surface area contributed by atoms with Gasteiger partial charge < -0.3 is 9.64 Å². The predicted molar refractivity (Wildman–Crippen MR) is 76.4 cm³/mol. The van der Waals surface area contributed by atoms with Crippen LogP contribution < -0.4 is 4.74 Å². The Morgan fingerprint density at radius 2 is 1.90 bits per heavy atom. The van der Waals surface area contributed by atoms with E-state index in [0.29, 0.717) is 12.3 Å². The molecule has 2 heterocycles. The van der Waals surface area contributed by atoms with Gasteiger partial charge in [0.2, 0.25) is 0 Å². The van der Waals surface area contributed by atoms with Crippen LogP contribution in [0.2, 0.25) is 0 Å². The first-order valence-corrected chi connectivity index (χ1v) is 6.57. The fourth-order valence-electron chi connectivity index (χ4n) is 2.18. The van der Waals surface area contributed by atoms with Gasteiger partial charge in [-0.15, -0.1) is 0 Å². The van der Waals surface area contributed by atoms with Gasteiger partial charge in [0.05, 0.1) is 12.2 Å². The second kappa shape index (κ2) is 4.96. The summed E-state index contributed by atoms with van der Waals surface area (Å²) in [6.45, 7) is 2.62. The molecule has 1 aliphatic rings. The molecule has 0 bridgehead atoms. The van der Waals surface area contributed by atoms with E-state index in [-0.39, 0.29) is 12.5 Å². The highest BCUT2D eigenvalue weighted by Gasteiger charge is 2.19. The smallest absolute Gasteiger partial charge is 0.260 e. The van der Waals surface area contributed by atoms with Crippen LogP contribution in [0.15, 0.2) is 36.4 Å². The number of amides is 1. The van der Waals surface area contributed by atoms with Gasteiger partial charge in [-0.2, -0.15) is 0 Å². The normalized spacial score (nSPS) is 14.5. The van der Waals surface area contributed by atoms with Crippen LogP contribution in [0.5, 0.6) is 5.75 Å². The molecule has 0 aliphatic carbocycles. The first kappa shape index (κ1) is 12.7. The van der Waals surface area contributed by atoms with Crippen molar-refractivity contribution in [3.05, 3.63) is 47.7 Å². The molecule has 4 heteroatoms. The molecule has 3 rings (SSSR count). The Balaban J connectivity index is 1.98. The average Bonchev–Trinajstić information content (AvgIpc) is 2.59. The standard InChI is InChI=1S/C16H16N2O2/c1-11-3-5-12(6-4-11)13-7-8-15-14(17-13)9-18(2)16(19)10-20-15/h3-8H,9-10H2,1-2H3. The monoisotopic (exact) mass is 268 g/mol. The number of carbonyl (C=O) groups excluding carboxylic acids is 1. The van der Waals surface area contributed by atoms with Crippen LogP contribution in [0.4, 0.5) is 0 Å². The Hall–Kier alpha value is -2.36. The largest absolute Gasteiger partial charge is 0.482 e. The molecule has 0 spiro atoms. The number of fused-ring (bicyclic) bond motifs is 1. The van der Waals surface area contributed by atoms with Crippen molar-refractivity contribution < 1.29 is 9.53 Å². The van der Waals surface area contributed by atoms with Crippen molar-refractivity contribution >= 4 is 5.91 Å². The third-order valence-electron chi connectivity index (χ3n) is 3.44. The van der Waals surface area contributed by atoms with Gasteiger partial charge in [-0.05, 0) is 19.1 Å². The minimum absolute atomic E-state index is 0.0279. The molecule has 1 aliphatic heterocycles. The van der Waals surface area contributed by atoms with E-state index in [9.17, 15) is 4.79 Å². The molecule has 1 aromatic carbocycles. The number of hydrogen-bond acceptors (Lipinski definition) is 3. The minimum atomic E-state index is -0.0279. The number of carbonyl (C=O) groups is 1. The first-order valence-electron chi connectivity index (χ1n) is 6.57. The van der Waals surface area contributed by atoms with E-state index in [2.05, 4.69) is 36.2 Å². The summed E-state index contributed by atoms with van der Waals surface area (Å²) in [6, 6.07) is 12.1. The molecule has 4 nitrogen and oxygen atoms in total. The maximum absolute atomic E-state index is 11.6. The van der Waals surface area contributed by atoms with Gasteiger partial charge in [0.25, 0.3) is 5.91 Å². The topological polar surface area (TPSA) is 42.4 Å². The van der Waals surface area contributed by atoms with Gasteiger partial charge in [0, 0.05) is 12.6 Å². The molecule has 102 valence electrons. The van der Waals surface area contributed by atoms with Crippen LogP contribution in [0, 0.1) is 6.92 Å². The van der Waals surface area contributed by atoms with Crippen LogP contribution in [0.3, 0.4) is 0 Å². The molecule has 0 radical (unpaired) electrons. The lowest BCUT2D eigenvalue weighted by Gasteiger charge is -2.12. The molecule has 20 heavy (non-hydrogen) atoms. The van der Waals surface area contributed by atoms with E-state index in [4.69, 9.17) is 4.74 Å².